The van der Waals surface area contributed by atoms with Gasteiger partial charge in [-0.25, -0.2) is 4.79 Å². The van der Waals surface area contributed by atoms with Crippen LogP contribution in [0.25, 0.3) is 11.0 Å². The Labute approximate surface area is 249 Å². The minimum atomic E-state index is -1.24. The standard InChI is InChI=1S/C36H42O6/c1-5-7-27(8-6-2)15-17-30-22-36(23-37,42-35(30)39)24-40-34(38)26(4)19-32-21-31-20-29(16-18-33(31)41-32)14-13-28-11-9-25(3)10-12-28/h9-12,16-18,20-21,26-27,37H,5-8,15,19,22-24H2,1-4H3/b30-17+/t26-,36+/m0/s1. The van der Waals surface area contributed by atoms with E-state index < -0.39 is 30.1 Å². The molecule has 0 spiro atoms. The van der Waals surface area contributed by atoms with E-state index >= 15 is 0 Å². The van der Waals surface area contributed by atoms with E-state index in [4.69, 9.17) is 13.9 Å². The molecule has 1 aliphatic rings. The summed E-state index contributed by atoms with van der Waals surface area (Å²) in [5, 5.41) is 11.0. The van der Waals surface area contributed by atoms with Crippen molar-refractivity contribution in [1.82, 2.24) is 0 Å². The van der Waals surface area contributed by atoms with Crippen molar-refractivity contribution in [2.75, 3.05) is 13.2 Å². The number of carbonyl (C=O) groups excluding carboxylic acids is 2. The van der Waals surface area contributed by atoms with Gasteiger partial charge in [0.2, 0.25) is 0 Å². The summed E-state index contributed by atoms with van der Waals surface area (Å²) in [6.07, 6.45) is 7.77. The number of hydrogen-bond donors (Lipinski definition) is 1. The summed E-state index contributed by atoms with van der Waals surface area (Å²) in [4.78, 5) is 25.4. The summed E-state index contributed by atoms with van der Waals surface area (Å²) in [6.45, 7) is 7.55. The number of cyclic esters (lactones) is 1. The van der Waals surface area contributed by atoms with Gasteiger partial charge in [-0.05, 0) is 55.7 Å². The molecule has 3 aromatic rings. The lowest BCUT2D eigenvalue weighted by Gasteiger charge is -2.25. The number of benzene rings is 2. The van der Waals surface area contributed by atoms with Gasteiger partial charge in [-0.3, -0.25) is 4.79 Å². The molecule has 42 heavy (non-hydrogen) atoms. The van der Waals surface area contributed by atoms with Gasteiger partial charge in [-0.2, -0.15) is 0 Å². The number of aryl methyl sites for hydroxylation is 1. The average Bonchev–Trinajstić information content (AvgIpc) is 3.53. The Morgan fingerprint density at radius 3 is 2.45 bits per heavy atom. The largest absolute Gasteiger partial charge is 0.461 e. The lowest BCUT2D eigenvalue weighted by Crippen LogP contribution is -2.40. The molecule has 2 heterocycles. The molecule has 2 atom stereocenters. The Morgan fingerprint density at radius 2 is 1.76 bits per heavy atom. The number of carbonyl (C=O) groups is 2. The number of ether oxygens (including phenoxy) is 2. The number of fused-ring (bicyclic) bond motifs is 1. The molecule has 0 bridgehead atoms. The molecule has 1 saturated heterocycles. The SMILES string of the molecule is CCCC(C/C=C1\C[C@@](CO)(COC(=O)[C@@H](C)Cc2cc3cc(C#Cc4ccc(C)cc4)ccc3o2)OC1=O)CCC. The van der Waals surface area contributed by atoms with E-state index in [0.29, 0.717) is 23.7 Å². The van der Waals surface area contributed by atoms with Crippen molar-refractivity contribution >= 4 is 22.9 Å². The maximum absolute atomic E-state index is 12.9. The van der Waals surface area contributed by atoms with Crippen LogP contribution < -0.4 is 0 Å². The molecule has 1 N–H and O–H groups in total. The molecule has 4 rings (SSSR count). The first-order chi connectivity index (χ1) is 20.2. The van der Waals surface area contributed by atoms with Crippen LogP contribution >= 0.6 is 0 Å². The van der Waals surface area contributed by atoms with Crippen LogP contribution in [0.5, 0.6) is 0 Å². The van der Waals surface area contributed by atoms with Crippen LogP contribution in [-0.4, -0.2) is 35.9 Å². The van der Waals surface area contributed by atoms with E-state index in [2.05, 4.69) is 25.7 Å². The van der Waals surface area contributed by atoms with Crippen LogP contribution in [0.3, 0.4) is 0 Å². The lowest BCUT2D eigenvalue weighted by molar-refractivity contribution is -0.168. The van der Waals surface area contributed by atoms with Gasteiger partial charge in [0.1, 0.15) is 18.0 Å². The molecule has 222 valence electrons. The maximum Gasteiger partial charge on any atom is 0.334 e. The zero-order chi connectivity index (χ0) is 30.1. The number of furan rings is 1. The summed E-state index contributed by atoms with van der Waals surface area (Å²) >= 11 is 0. The highest BCUT2D eigenvalue weighted by atomic mass is 16.6. The van der Waals surface area contributed by atoms with Crippen LogP contribution in [-0.2, 0) is 25.5 Å². The van der Waals surface area contributed by atoms with Gasteiger partial charge in [-0.1, -0.05) is 82.1 Å². The Morgan fingerprint density at radius 1 is 1.07 bits per heavy atom. The Kier molecular flexibility index (Phi) is 10.7. The molecule has 0 unspecified atom stereocenters. The first kappa shape index (κ1) is 31.1. The first-order valence-corrected chi connectivity index (χ1v) is 15.0. The predicted molar refractivity (Wildman–Crippen MR) is 164 cm³/mol. The van der Waals surface area contributed by atoms with Gasteiger partial charge in [0.25, 0.3) is 0 Å². The molecule has 0 amide bonds. The van der Waals surface area contributed by atoms with Gasteiger partial charge in [0.15, 0.2) is 5.60 Å². The third-order valence-corrected chi connectivity index (χ3v) is 7.82. The van der Waals surface area contributed by atoms with Crippen LogP contribution in [0.2, 0.25) is 0 Å². The quantitative estimate of drug-likeness (QED) is 0.142. The Hall–Kier alpha value is -3.82. The fourth-order valence-electron chi connectivity index (χ4n) is 5.38. The van der Waals surface area contributed by atoms with Crippen molar-refractivity contribution in [1.29, 1.82) is 0 Å². The second-order valence-corrected chi connectivity index (χ2v) is 11.6. The van der Waals surface area contributed by atoms with Crippen molar-refractivity contribution in [2.24, 2.45) is 11.8 Å². The molecule has 0 radical (unpaired) electrons. The topological polar surface area (TPSA) is 86.0 Å². The van der Waals surface area contributed by atoms with Crippen molar-refractivity contribution in [3.8, 4) is 11.8 Å². The molecule has 6 nitrogen and oxygen atoms in total. The zero-order valence-electron chi connectivity index (χ0n) is 25.2. The number of hydrogen-bond acceptors (Lipinski definition) is 6. The summed E-state index contributed by atoms with van der Waals surface area (Å²) in [6, 6.07) is 15.8. The third kappa shape index (κ3) is 8.14. The van der Waals surface area contributed by atoms with Crippen molar-refractivity contribution < 1.29 is 28.6 Å². The lowest BCUT2D eigenvalue weighted by atomic mass is 9.92. The summed E-state index contributed by atoms with van der Waals surface area (Å²) in [5.41, 5.74) is 3.07. The first-order valence-electron chi connectivity index (χ1n) is 15.0. The molecule has 2 aromatic carbocycles. The van der Waals surface area contributed by atoms with Gasteiger partial charge < -0.3 is 19.0 Å². The van der Waals surface area contributed by atoms with Crippen molar-refractivity contribution in [3.05, 3.63) is 82.6 Å². The summed E-state index contributed by atoms with van der Waals surface area (Å²) in [5.74, 6) is 6.21. The van der Waals surface area contributed by atoms with Crippen LogP contribution in [0.15, 0.2) is 64.6 Å². The van der Waals surface area contributed by atoms with Crippen molar-refractivity contribution in [3.63, 3.8) is 0 Å². The second-order valence-electron chi connectivity index (χ2n) is 11.6. The van der Waals surface area contributed by atoms with E-state index in [-0.39, 0.29) is 13.0 Å². The number of allylic oxidation sites excluding steroid dienone is 1. The van der Waals surface area contributed by atoms with Gasteiger partial charge >= 0.3 is 11.9 Å². The number of rotatable bonds is 12. The molecular formula is C36H42O6. The monoisotopic (exact) mass is 570 g/mol. The highest BCUT2D eigenvalue weighted by Crippen LogP contribution is 2.33. The average molecular weight is 571 g/mol. The Bertz CT molecular complexity index is 1460. The molecular weight excluding hydrogens is 528 g/mol. The minimum Gasteiger partial charge on any atom is -0.461 e. The molecule has 1 aromatic heterocycles. The van der Waals surface area contributed by atoms with Gasteiger partial charge in [-0.15, -0.1) is 0 Å². The molecule has 1 aliphatic heterocycles. The molecule has 0 saturated carbocycles. The van der Waals surface area contributed by atoms with E-state index in [9.17, 15) is 14.7 Å². The van der Waals surface area contributed by atoms with E-state index in [1.807, 2.05) is 61.5 Å². The maximum atomic E-state index is 12.9. The Balaban J connectivity index is 1.34. The number of aliphatic hydroxyl groups excluding tert-OH is 1. The van der Waals surface area contributed by atoms with E-state index in [1.165, 1.54) is 5.56 Å². The molecule has 0 aliphatic carbocycles. The summed E-state index contributed by atoms with van der Waals surface area (Å²) < 4.78 is 17.1. The normalized spacial score (nSPS) is 18.2. The van der Waals surface area contributed by atoms with E-state index in [0.717, 1.165) is 54.2 Å². The molecule has 6 heteroatoms. The summed E-state index contributed by atoms with van der Waals surface area (Å²) in [7, 11) is 0. The minimum absolute atomic E-state index is 0.188. The van der Waals surface area contributed by atoms with Crippen LogP contribution in [0.4, 0.5) is 0 Å². The zero-order valence-corrected chi connectivity index (χ0v) is 25.2. The smallest absolute Gasteiger partial charge is 0.334 e. The third-order valence-electron chi connectivity index (χ3n) is 7.82. The number of aliphatic hydroxyl groups is 1. The fraction of sp³-hybridized carbons (Fsp3) is 0.444. The second kappa shape index (κ2) is 14.4. The highest BCUT2D eigenvalue weighted by Gasteiger charge is 2.44. The van der Waals surface area contributed by atoms with Crippen LogP contribution in [0, 0.1) is 30.6 Å². The van der Waals surface area contributed by atoms with E-state index in [1.54, 1.807) is 6.92 Å². The van der Waals surface area contributed by atoms with Gasteiger partial charge in [0.05, 0.1) is 12.5 Å². The van der Waals surface area contributed by atoms with Gasteiger partial charge in [0, 0.05) is 34.9 Å². The molecule has 1 fully saturated rings. The number of esters is 2. The van der Waals surface area contributed by atoms with Crippen LogP contribution in [0.1, 0.15) is 81.7 Å². The predicted octanol–water partition coefficient (Wildman–Crippen LogP) is 7.07. The fourth-order valence-corrected chi connectivity index (χ4v) is 5.38. The highest BCUT2D eigenvalue weighted by molar-refractivity contribution is 5.91. The van der Waals surface area contributed by atoms with Crippen molar-refractivity contribution in [2.45, 2.75) is 78.2 Å².